The first-order valence-corrected chi connectivity index (χ1v) is 6.18. The molecule has 110 valence electrons. The van der Waals surface area contributed by atoms with Gasteiger partial charge in [0.25, 0.3) is 11.6 Å². The Morgan fingerprint density at radius 3 is 2.95 bits per heavy atom. The van der Waals surface area contributed by atoms with E-state index in [1.807, 2.05) is 0 Å². The van der Waals surface area contributed by atoms with Gasteiger partial charge in [-0.2, -0.15) is 0 Å². The summed E-state index contributed by atoms with van der Waals surface area (Å²) in [7, 11) is 0. The maximum Gasteiger partial charge on any atom is 0.277 e. The van der Waals surface area contributed by atoms with Crippen LogP contribution in [0.1, 0.15) is 16.1 Å². The molecule has 2 rings (SSSR count). The van der Waals surface area contributed by atoms with Crippen molar-refractivity contribution in [1.82, 2.24) is 15.0 Å². The van der Waals surface area contributed by atoms with Crippen LogP contribution in [0.25, 0.3) is 0 Å². The summed E-state index contributed by atoms with van der Waals surface area (Å²) >= 11 is 0. The molecule has 0 bridgehead atoms. The predicted molar refractivity (Wildman–Crippen MR) is 74.9 cm³/mol. The molecular formula is C12H14N6O3. The van der Waals surface area contributed by atoms with Crippen molar-refractivity contribution in [3.63, 3.8) is 0 Å². The maximum atomic E-state index is 12.0. The second-order valence-corrected chi connectivity index (χ2v) is 4.37. The van der Waals surface area contributed by atoms with E-state index in [1.54, 1.807) is 19.1 Å². The number of carbonyl (C=O) groups excluding carboxylic acids is 1. The molecule has 1 amide bonds. The van der Waals surface area contributed by atoms with E-state index in [2.05, 4.69) is 15.6 Å². The number of nitrogens with one attached hydrogen (secondary N) is 1. The van der Waals surface area contributed by atoms with Gasteiger partial charge in [-0.15, -0.1) is 5.10 Å². The standard InChI is InChI=1S/C12H14N6O3/c1-8-2-3-9(6-11(8)18(20)21)14-12(19)10-7-17(5-4-13)16-15-10/h2-3,6-7H,4-5,13H2,1H3,(H,14,19). The van der Waals surface area contributed by atoms with Crippen LogP contribution < -0.4 is 11.1 Å². The summed E-state index contributed by atoms with van der Waals surface area (Å²) in [5.74, 6) is -0.489. The lowest BCUT2D eigenvalue weighted by atomic mass is 10.2. The van der Waals surface area contributed by atoms with Gasteiger partial charge in [0.2, 0.25) is 0 Å². The number of benzene rings is 1. The van der Waals surface area contributed by atoms with E-state index < -0.39 is 10.8 Å². The van der Waals surface area contributed by atoms with Crippen LogP contribution in [0.5, 0.6) is 0 Å². The third kappa shape index (κ3) is 3.39. The summed E-state index contributed by atoms with van der Waals surface area (Å²) < 4.78 is 1.45. The van der Waals surface area contributed by atoms with Gasteiger partial charge < -0.3 is 11.1 Å². The highest BCUT2D eigenvalue weighted by Gasteiger charge is 2.15. The van der Waals surface area contributed by atoms with Gasteiger partial charge in [0.15, 0.2) is 5.69 Å². The highest BCUT2D eigenvalue weighted by Crippen LogP contribution is 2.22. The molecule has 0 atom stereocenters. The van der Waals surface area contributed by atoms with Crippen LogP contribution in [-0.2, 0) is 6.54 Å². The van der Waals surface area contributed by atoms with Crippen LogP contribution in [0.15, 0.2) is 24.4 Å². The van der Waals surface area contributed by atoms with E-state index in [0.29, 0.717) is 24.3 Å². The van der Waals surface area contributed by atoms with Crippen molar-refractivity contribution in [3.8, 4) is 0 Å². The number of nitrogens with two attached hydrogens (primary N) is 1. The van der Waals surface area contributed by atoms with Gasteiger partial charge in [-0.3, -0.25) is 19.6 Å². The van der Waals surface area contributed by atoms with Gasteiger partial charge in [-0.25, -0.2) is 0 Å². The highest BCUT2D eigenvalue weighted by atomic mass is 16.6. The summed E-state index contributed by atoms with van der Waals surface area (Å²) in [6.45, 7) is 2.47. The van der Waals surface area contributed by atoms with Crippen molar-refractivity contribution in [2.24, 2.45) is 5.73 Å². The Morgan fingerprint density at radius 2 is 2.29 bits per heavy atom. The average molecular weight is 290 g/mol. The molecule has 0 fully saturated rings. The number of hydrogen-bond donors (Lipinski definition) is 2. The van der Waals surface area contributed by atoms with Gasteiger partial charge in [0.05, 0.1) is 17.7 Å². The number of nitro benzene ring substituents is 1. The highest BCUT2D eigenvalue weighted by molar-refractivity contribution is 6.02. The van der Waals surface area contributed by atoms with E-state index in [-0.39, 0.29) is 11.4 Å². The van der Waals surface area contributed by atoms with Crippen molar-refractivity contribution in [1.29, 1.82) is 0 Å². The number of nitro groups is 1. The zero-order valence-corrected chi connectivity index (χ0v) is 11.3. The second-order valence-electron chi connectivity index (χ2n) is 4.37. The van der Waals surface area contributed by atoms with E-state index in [0.717, 1.165) is 0 Å². The quantitative estimate of drug-likeness (QED) is 0.616. The van der Waals surface area contributed by atoms with E-state index in [1.165, 1.54) is 16.9 Å². The summed E-state index contributed by atoms with van der Waals surface area (Å²) in [5.41, 5.74) is 6.28. The molecule has 0 aliphatic heterocycles. The number of hydrogen-bond acceptors (Lipinski definition) is 6. The molecule has 1 aromatic carbocycles. The van der Waals surface area contributed by atoms with Crippen molar-refractivity contribution >= 4 is 17.3 Å². The lowest BCUT2D eigenvalue weighted by Gasteiger charge is -2.04. The van der Waals surface area contributed by atoms with Crippen molar-refractivity contribution in [2.45, 2.75) is 13.5 Å². The molecule has 0 unspecified atom stereocenters. The number of aryl methyl sites for hydroxylation is 1. The number of anilines is 1. The summed E-state index contributed by atoms with van der Waals surface area (Å²) in [6.07, 6.45) is 1.46. The van der Waals surface area contributed by atoms with E-state index >= 15 is 0 Å². The van der Waals surface area contributed by atoms with Crippen LogP contribution in [0.3, 0.4) is 0 Å². The molecule has 0 aliphatic rings. The van der Waals surface area contributed by atoms with Crippen LogP contribution in [0.2, 0.25) is 0 Å². The van der Waals surface area contributed by atoms with Crippen molar-refractivity contribution < 1.29 is 9.72 Å². The molecule has 2 aromatic rings. The minimum atomic E-state index is -0.498. The largest absolute Gasteiger partial charge is 0.329 e. The smallest absolute Gasteiger partial charge is 0.277 e. The molecule has 9 nitrogen and oxygen atoms in total. The maximum absolute atomic E-state index is 12.0. The van der Waals surface area contributed by atoms with E-state index in [4.69, 9.17) is 5.73 Å². The fourth-order valence-corrected chi connectivity index (χ4v) is 1.72. The fourth-order valence-electron chi connectivity index (χ4n) is 1.72. The summed E-state index contributed by atoms with van der Waals surface area (Å²) in [4.78, 5) is 22.3. The molecule has 0 saturated carbocycles. The molecule has 21 heavy (non-hydrogen) atoms. The Labute approximate surface area is 119 Å². The van der Waals surface area contributed by atoms with Crippen molar-refractivity contribution in [2.75, 3.05) is 11.9 Å². The number of carbonyl (C=O) groups is 1. The first-order valence-electron chi connectivity index (χ1n) is 6.18. The summed E-state index contributed by atoms with van der Waals surface area (Å²) in [6, 6.07) is 4.46. The van der Waals surface area contributed by atoms with Crippen LogP contribution in [-0.4, -0.2) is 32.4 Å². The molecule has 0 saturated heterocycles. The van der Waals surface area contributed by atoms with Gasteiger partial charge in [-0.1, -0.05) is 11.3 Å². The molecule has 1 heterocycles. The van der Waals surface area contributed by atoms with Gasteiger partial charge >= 0.3 is 0 Å². The number of nitrogens with zero attached hydrogens (tertiary/aromatic N) is 4. The minimum absolute atomic E-state index is 0.0559. The van der Waals surface area contributed by atoms with Gasteiger partial charge in [0.1, 0.15) is 0 Å². The van der Waals surface area contributed by atoms with Gasteiger partial charge in [-0.05, 0) is 13.0 Å². The van der Waals surface area contributed by atoms with Crippen LogP contribution in [0.4, 0.5) is 11.4 Å². The van der Waals surface area contributed by atoms with E-state index in [9.17, 15) is 14.9 Å². The third-order valence-corrected chi connectivity index (χ3v) is 2.79. The Kier molecular flexibility index (Phi) is 4.24. The fraction of sp³-hybridized carbons (Fsp3) is 0.250. The molecule has 0 radical (unpaired) electrons. The second kappa shape index (κ2) is 6.09. The van der Waals surface area contributed by atoms with Gasteiger partial charge in [0, 0.05) is 23.9 Å². The monoisotopic (exact) mass is 290 g/mol. The zero-order chi connectivity index (χ0) is 15.4. The average Bonchev–Trinajstić information content (AvgIpc) is 2.90. The molecular weight excluding hydrogens is 276 g/mol. The Balaban J connectivity index is 2.15. The normalized spacial score (nSPS) is 10.4. The Bertz CT molecular complexity index is 681. The molecule has 3 N–H and O–H groups in total. The minimum Gasteiger partial charge on any atom is -0.329 e. The lowest BCUT2D eigenvalue weighted by Crippen LogP contribution is -2.13. The predicted octanol–water partition coefficient (Wildman–Crippen LogP) is 0.706. The molecule has 0 aliphatic carbocycles. The number of rotatable bonds is 5. The molecule has 1 aromatic heterocycles. The summed E-state index contributed by atoms with van der Waals surface area (Å²) in [5, 5.41) is 20.9. The zero-order valence-electron chi connectivity index (χ0n) is 11.3. The van der Waals surface area contributed by atoms with Crippen molar-refractivity contribution in [3.05, 3.63) is 45.8 Å². The first-order chi connectivity index (χ1) is 10.0. The number of amides is 1. The molecule has 0 spiro atoms. The SMILES string of the molecule is Cc1ccc(NC(=O)c2cn(CCN)nn2)cc1[N+](=O)[O-]. The van der Waals surface area contributed by atoms with Crippen LogP contribution >= 0.6 is 0 Å². The number of aromatic nitrogens is 3. The molecule has 9 heteroatoms. The first kappa shape index (κ1) is 14.6. The lowest BCUT2D eigenvalue weighted by molar-refractivity contribution is -0.385. The topological polar surface area (TPSA) is 129 Å². The Morgan fingerprint density at radius 1 is 1.52 bits per heavy atom. The third-order valence-electron chi connectivity index (χ3n) is 2.79. The van der Waals surface area contributed by atoms with Crippen LogP contribution in [0, 0.1) is 17.0 Å². The Hall–Kier alpha value is -2.81.